The molecule has 2 amide bonds. The van der Waals surface area contributed by atoms with Gasteiger partial charge in [-0.2, -0.15) is 0 Å². The van der Waals surface area contributed by atoms with E-state index in [1.807, 2.05) is 0 Å². The molecule has 0 aliphatic carbocycles. The van der Waals surface area contributed by atoms with Crippen LogP contribution >= 0.6 is 0 Å². The lowest BCUT2D eigenvalue weighted by molar-refractivity contribution is 0.193. The van der Waals surface area contributed by atoms with E-state index in [0.29, 0.717) is 13.1 Å². The SMILES string of the molecule is CCCCOc1cc(CNCCCNCCCNC(=O)O)cc(CNCCCNCCCNC(=O)O)c1. The third-order valence-electron chi connectivity index (χ3n) is 5.48. The molecule has 0 heterocycles. The number of amides is 2. The second-order valence-electron chi connectivity index (χ2n) is 8.92. The fourth-order valence-corrected chi connectivity index (χ4v) is 3.56. The fourth-order valence-electron chi connectivity index (χ4n) is 3.56. The Morgan fingerprint density at radius 3 is 1.51 bits per heavy atom. The van der Waals surface area contributed by atoms with Crippen molar-refractivity contribution in [3.05, 3.63) is 29.3 Å². The minimum atomic E-state index is -0.975. The lowest BCUT2D eigenvalue weighted by atomic mass is 10.1. The van der Waals surface area contributed by atoms with E-state index in [-0.39, 0.29) is 0 Å². The van der Waals surface area contributed by atoms with Crippen LogP contribution in [0.15, 0.2) is 18.2 Å². The molecule has 0 saturated heterocycles. The second kappa shape index (κ2) is 22.6. The summed E-state index contributed by atoms with van der Waals surface area (Å²) in [5.74, 6) is 0.915. The van der Waals surface area contributed by atoms with Crippen molar-refractivity contribution < 1.29 is 24.5 Å². The molecule has 11 nitrogen and oxygen atoms in total. The van der Waals surface area contributed by atoms with Crippen molar-refractivity contribution in [1.82, 2.24) is 31.9 Å². The molecule has 0 aliphatic rings. The van der Waals surface area contributed by atoms with Crippen LogP contribution in [-0.2, 0) is 13.1 Å². The third kappa shape index (κ3) is 20.2. The Morgan fingerprint density at radius 2 is 1.08 bits per heavy atom. The lowest BCUT2D eigenvalue weighted by Crippen LogP contribution is -2.27. The Labute approximate surface area is 221 Å². The number of hydrogen-bond donors (Lipinski definition) is 8. The molecule has 0 spiro atoms. The number of nitrogens with one attached hydrogen (secondary N) is 6. The Bertz CT molecular complexity index is 685. The zero-order valence-corrected chi connectivity index (χ0v) is 22.4. The summed E-state index contributed by atoms with van der Waals surface area (Å²) in [5, 5.41) is 35.5. The van der Waals surface area contributed by atoms with Crippen LogP contribution in [0.1, 0.15) is 56.6 Å². The highest BCUT2D eigenvalue weighted by molar-refractivity contribution is 5.64. The maximum absolute atomic E-state index is 10.4. The maximum atomic E-state index is 10.4. The van der Waals surface area contributed by atoms with E-state index in [4.69, 9.17) is 14.9 Å². The molecule has 1 aromatic rings. The van der Waals surface area contributed by atoms with Crippen molar-refractivity contribution in [1.29, 1.82) is 0 Å². The standard InChI is InChI=1S/C26H48N6O5/c1-2-3-16-37-24-18-22(20-29-12-4-8-27-10-6-14-31-25(33)34)17-23(19-24)21-30-13-5-9-28-11-7-15-32-26(35)36/h17-19,27-32H,2-16,20-21H2,1H3,(H,33,34)(H,35,36). The molecule has 0 fully saturated rings. The Morgan fingerprint density at radius 1 is 0.649 bits per heavy atom. The van der Waals surface area contributed by atoms with Crippen LogP contribution < -0.4 is 36.6 Å². The third-order valence-corrected chi connectivity index (χ3v) is 5.48. The van der Waals surface area contributed by atoms with Crippen LogP contribution in [0.2, 0.25) is 0 Å². The number of rotatable bonds is 24. The van der Waals surface area contributed by atoms with Crippen molar-refractivity contribution in [2.24, 2.45) is 0 Å². The summed E-state index contributed by atoms with van der Waals surface area (Å²) in [7, 11) is 0. The van der Waals surface area contributed by atoms with Gasteiger partial charge in [-0.25, -0.2) is 9.59 Å². The van der Waals surface area contributed by atoms with Crippen LogP contribution in [0.3, 0.4) is 0 Å². The minimum absolute atomic E-state index is 0.472. The average Bonchev–Trinajstić information content (AvgIpc) is 2.86. The molecule has 0 aromatic heterocycles. The second-order valence-corrected chi connectivity index (χ2v) is 8.92. The first-order valence-electron chi connectivity index (χ1n) is 13.5. The molecule has 0 unspecified atom stereocenters. The van der Waals surface area contributed by atoms with Crippen molar-refractivity contribution >= 4 is 12.2 Å². The van der Waals surface area contributed by atoms with Gasteiger partial charge in [0, 0.05) is 26.2 Å². The summed E-state index contributed by atoms with van der Waals surface area (Å²) in [4.78, 5) is 20.8. The summed E-state index contributed by atoms with van der Waals surface area (Å²) in [5.41, 5.74) is 2.41. The lowest BCUT2D eigenvalue weighted by Gasteiger charge is -2.13. The van der Waals surface area contributed by atoms with Gasteiger partial charge in [0.2, 0.25) is 0 Å². The van der Waals surface area contributed by atoms with Gasteiger partial charge in [-0.15, -0.1) is 0 Å². The van der Waals surface area contributed by atoms with Gasteiger partial charge in [-0.1, -0.05) is 19.4 Å². The number of carbonyl (C=O) groups is 2. The minimum Gasteiger partial charge on any atom is -0.494 e. The molecule has 8 N–H and O–H groups in total. The Hall–Kier alpha value is -2.60. The quantitative estimate of drug-likeness (QED) is 0.0951. The first kappa shape index (κ1) is 32.4. The predicted molar refractivity (Wildman–Crippen MR) is 147 cm³/mol. The maximum Gasteiger partial charge on any atom is 0.404 e. The molecule has 37 heavy (non-hydrogen) atoms. The summed E-state index contributed by atoms with van der Waals surface area (Å²) in [6.45, 7) is 10.6. The van der Waals surface area contributed by atoms with E-state index in [9.17, 15) is 9.59 Å². The molecule has 0 radical (unpaired) electrons. The summed E-state index contributed by atoms with van der Waals surface area (Å²) in [6.07, 6.45) is 3.75. The van der Waals surface area contributed by atoms with Crippen LogP contribution in [0.4, 0.5) is 9.59 Å². The summed E-state index contributed by atoms with van der Waals surface area (Å²) >= 11 is 0. The molecule has 0 saturated carbocycles. The van der Waals surface area contributed by atoms with E-state index in [1.54, 1.807) is 0 Å². The zero-order chi connectivity index (χ0) is 27.0. The van der Waals surface area contributed by atoms with Crippen LogP contribution in [0, 0.1) is 0 Å². The number of carboxylic acid groups (broad SMARTS) is 2. The summed E-state index contributed by atoms with van der Waals surface area (Å²) in [6, 6.07) is 6.44. The van der Waals surface area contributed by atoms with Gasteiger partial charge >= 0.3 is 12.2 Å². The van der Waals surface area contributed by atoms with Crippen molar-refractivity contribution in [2.45, 2.75) is 58.5 Å². The number of unbranched alkanes of at least 4 members (excludes halogenated alkanes) is 1. The number of ether oxygens (including phenoxy) is 1. The van der Waals surface area contributed by atoms with Crippen molar-refractivity contribution in [3.8, 4) is 5.75 Å². The molecule has 1 aromatic carbocycles. The first-order valence-corrected chi connectivity index (χ1v) is 13.5. The molecular formula is C26H48N6O5. The molecular weight excluding hydrogens is 476 g/mol. The van der Waals surface area contributed by atoms with Gasteiger partial charge in [0.25, 0.3) is 0 Å². The molecule has 0 atom stereocenters. The normalized spacial score (nSPS) is 10.8. The Kier molecular flexibility index (Phi) is 19.8. The van der Waals surface area contributed by atoms with Gasteiger partial charge in [0.15, 0.2) is 0 Å². The number of hydrogen-bond acceptors (Lipinski definition) is 7. The Balaban J connectivity index is 2.28. The molecule has 212 valence electrons. The highest BCUT2D eigenvalue weighted by Gasteiger charge is 2.04. The molecule has 0 aliphatic heterocycles. The van der Waals surface area contributed by atoms with Gasteiger partial charge in [0.05, 0.1) is 6.61 Å². The highest BCUT2D eigenvalue weighted by atomic mass is 16.5. The van der Waals surface area contributed by atoms with E-state index in [0.717, 1.165) is 103 Å². The van der Waals surface area contributed by atoms with Gasteiger partial charge < -0.3 is 46.9 Å². The monoisotopic (exact) mass is 524 g/mol. The first-order chi connectivity index (χ1) is 18.0. The van der Waals surface area contributed by atoms with Crippen molar-refractivity contribution in [2.75, 3.05) is 59.0 Å². The topological polar surface area (TPSA) is 156 Å². The predicted octanol–water partition coefficient (Wildman–Crippen LogP) is 2.32. The van der Waals surface area contributed by atoms with Crippen LogP contribution in [-0.4, -0.2) is 81.4 Å². The van der Waals surface area contributed by atoms with E-state index >= 15 is 0 Å². The van der Waals surface area contributed by atoms with Gasteiger partial charge in [0.1, 0.15) is 5.75 Å². The van der Waals surface area contributed by atoms with E-state index < -0.39 is 12.2 Å². The van der Waals surface area contributed by atoms with Gasteiger partial charge in [-0.05, 0) is 94.6 Å². The highest BCUT2D eigenvalue weighted by Crippen LogP contribution is 2.18. The average molecular weight is 525 g/mol. The molecule has 11 heteroatoms. The molecule has 0 bridgehead atoms. The van der Waals surface area contributed by atoms with E-state index in [1.165, 1.54) is 11.1 Å². The van der Waals surface area contributed by atoms with E-state index in [2.05, 4.69) is 57.0 Å². The van der Waals surface area contributed by atoms with Gasteiger partial charge in [-0.3, -0.25) is 0 Å². The number of benzene rings is 1. The van der Waals surface area contributed by atoms with Crippen molar-refractivity contribution in [3.63, 3.8) is 0 Å². The van der Waals surface area contributed by atoms with Crippen LogP contribution in [0.5, 0.6) is 5.75 Å². The molecule has 1 rings (SSSR count). The zero-order valence-electron chi connectivity index (χ0n) is 22.4. The fraction of sp³-hybridized carbons (Fsp3) is 0.692. The summed E-state index contributed by atoms with van der Waals surface area (Å²) < 4.78 is 5.98. The smallest absolute Gasteiger partial charge is 0.404 e. The largest absolute Gasteiger partial charge is 0.494 e. The van der Waals surface area contributed by atoms with Crippen LogP contribution in [0.25, 0.3) is 0 Å².